The number of nitrogens with one attached hydrogen (secondary N) is 1. The number of nitrogens with zero attached hydrogens (tertiary/aromatic N) is 3. The van der Waals surface area contributed by atoms with Crippen LogP contribution in [0, 0.1) is 0 Å². The molecule has 5 heterocycles. The first-order valence-corrected chi connectivity index (χ1v) is 12.6. The number of aromatic amines is 1. The molecule has 3 aliphatic heterocycles. The lowest BCUT2D eigenvalue weighted by molar-refractivity contribution is -0.147. The molecule has 1 N–H and O–H groups in total. The summed E-state index contributed by atoms with van der Waals surface area (Å²) in [5, 5.41) is 0.481. The van der Waals surface area contributed by atoms with E-state index < -0.39 is 12.7 Å². The van der Waals surface area contributed by atoms with Crippen LogP contribution in [0.3, 0.4) is 0 Å². The Labute approximate surface area is 210 Å². The van der Waals surface area contributed by atoms with E-state index in [1.807, 2.05) is 24.3 Å². The number of rotatable bonds is 5. The first-order chi connectivity index (χ1) is 17.3. The van der Waals surface area contributed by atoms with Gasteiger partial charge in [-0.25, -0.2) is 4.98 Å². The van der Waals surface area contributed by atoms with Gasteiger partial charge in [-0.15, -0.1) is 0 Å². The summed E-state index contributed by atoms with van der Waals surface area (Å²) < 4.78 is 55.4. The van der Waals surface area contributed by atoms with Gasteiger partial charge in [0.2, 0.25) is 0 Å². The fraction of sp³-hybridized carbons (Fsp3) is 0.520. The lowest BCUT2D eigenvalue weighted by Crippen LogP contribution is -2.39. The Bertz CT molecular complexity index is 1230. The molecule has 3 aliphatic rings. The molecule has 3 fully saturated rings. The second-order valence-electron chi connectivity index (χ2n) is 9.67. The predicted octanol–water partition coefficient (Wildman–Crippen LogP) is 4.96. The van der Waals surface area contributed by atoms with Crippen LogP contribution in [0.2, 0.25) is 5.02 Å². The second kappa shape index (κ2) is 9.48. The molecule has 0 bridgehead atoms. The number of alkyl halides is 3. The third-order valence-electron chi connectivity index (χ3n) is 7.23. The summed E-state index contributed by atoms with van der Waals surface area (Å²) >= 11 is 6.56. The maximum atomic E-state index is 12.7. The summed E-state index contributed by atoms with van der Waals surface area (Å²) in [6.45, 7) is 1.18. The van der Waals surface area contributed by atoms with Crippen molar-refractivity contribution in [3.05, 3.63) is 40.9 Å². The maximum Gasteiger partial charge on any atom is 0.401 e. The number of imidazole rings is 1. The van der Waals surface area contributed by atoms with Gasteiger partial charge in [0.25, 0.3) is 6.01 Å². The molecule has 0 radical (unpaired) electrons. The minimum atomic E-state index is -4.15. The maximum absolute atomic E-state index is 12.7. The highest BCUT2D eigenvalue weighted by Crippen LogP contribution is 2.34. The SMILES string of the molecule is FC(F)(F)CN1CCC(c2ccc(-c3nc4nc(OC5COC6CCOC65)[nH]c4cc3Cl)cc2)CC1. The first kappa shape index (κ1) is 24.0. The van der Waals surface area contributed by atoms with Crippen molar-refractivity contribution in [2.75, 3.05) is 32.8 Å². The number of hydrogen-bond acceptors (Lipinski definition) is 6. The van der Waals surface area contributed by atoms with E-state index in [2.05, 4.69) is 15.0 Å². The van der Waals surface area contributed by atoms with Crippen molar-refractivity contribution in [3.8, 4) is 17.3 Å². The molecular formula is C25H26ClF3N4O3. The number of aromatic nitrogens is 3. The van der Waals surface area contributed by atoms with Crippen LogP contribution < -0.4 is 4.74 Å². The number of ether oxygens (including phenoxy) is 3. The fourth-order valence-corrected chi connectivity index (χ4v) is 5.68. The van der Waals surface area contributed by atoms with E-state index in [0.29, 0.717) is 67.0 Å². The van der Waals surface area contributed by atoms with E-state index in [1.165, 1.54) is 4.90 Å². The Morgan fingerprint density at radius 1 is 1.08 bits per heavy atom. The number of fused-ring (bicyclic) bond motifs is 2. The molecule has 192 valence electrons. The van der Waals surface area contributed by atoms with Crippen molar-refractivity contribution in [1.29, 1.82) is 0 Å². The zero-order valence-corrected chi connectivity index (χ0v) is 20.2. The van der Waals surface area contributed by atoms with Crippen molar-refractivity contribution in [2.24, 2.45) is 0 Å². The average molecular weight is 523 g/mol. The molecule has 3 atom stereocenters. The molecule has 36 heavy (non-hydrogen) atoms. The molecule has 7 nitrogen and oxygen atoms in total. The van der Waals surface area contributed by atoms with Crippen LogP contribution in [0.1, 0.15) is 30.7 Å². The highest BCUT2D eigenvalue weighted by Gasteiger charge is 2.43. The zero-order valence-electron chi connectivity index (χ0n) is 19.4. The molecule has 3 saturated heterocycles. The van der Waals surface area contributed by atoms with E-state index >= 15 is 0 Å². The van der Waals surface area contributed by atoms with Gasteiger partial charge in [-0.2, -0.15) is 18.2 Å². The van der Waals surface area contributed by atoms with Crippen molar-refractivity contribution >= 4 is 22.8 Å². The van der Waals surface area contributed by atoms with Crippen molar-refractivity contribution in [1.82, 2.24) is 19.9 Å². The molecule has 0 saturated carbocycles. The quantitative estimate of drug-likeness (QED) is 0.511. The summed E-state index contributed by atoms with van der Waals surface area (Å²) in [4.78, 5) is 13.8. The van der Waals surface area contributed by atoms with E-state index in [-0.39, 0.29) is 24.2 Å². The van der Waals surface area contributed by atoms with E-state index in [1.54, 1.807) is 6.07 Å². The molecule has 3 unspecified atom stereocenters. The first-order valence-electron chi connectivity index (χ1n) is 12.2. The summed E-state index contributed by atoms with van der Waals surface area (Å²) in [5.74, 6) is 0.239. The average Bonchev–Trinajstić information content (AvgIpc) is 3.55. The van der Waals surface area contributed by atoms with Crippen LogP contribution >= 0.6 is 11.6 Å². The van der Waals surface area contributed by atoms with Gasteiger partial charge in [-0.1, -0.05) is 35.9 Å². The lowest BCUT2D eigenvalue weighted by Gasteiger charge is -2.32. The Morgan fingerprint density at radius 3 is 2.61 bits per heavy atom. The van der Waals surface area contributed by atoms with Crippen LogP contribution in [0.5, 0.6) is 6.01 Å². The highest BCUT2D eigenvalue weighted by molar-refractivity contribution is 6.33. The summed E-state index contributed by atoms with van der Waals surface area (Å²) in [6, 6.07) is 10.1. The number of likely N-dealkylation sites (tertiary alicyclic amines) is 1. The van der Waals surface area contributed by atoms with Crippen molar-refractivity contribution in [3.63, 3.8) is 0 Å². The van der Waals surface area contributed by atoms with Gasteiger partial charge in [-0.05, 0) is 49.9 Å². The van der Waals surface area contributed by atoms with Gasteiger partial charge in [-0.3, -0.25) is 4.90 Å². The van der Waals surface area contributed by atoms with Crippen LogP contribution in [0.25, 0.3) is 22.4 Å². The van der Waals surface area contributed by atoms with Gasteiger partial charge in [0.15, 0.2) is 11.8 Å². The minimum Gasteiger partial charge on any atom is -0.456 e. The Hall–Kier alpha value is -2.40. The molecule has 1 aromatic carbocycles. The van der Waals surface area contributed by atoms with E-state index in [9.17, 15) is 13.2 Å². The molecule has 0 amide bonds. The third kappa shape index (κ3) is 4.91. The zero-order chi connectivity index (χ0) is 24.9. The van der Waals surface area contributed by atoms with Crippen LogP contribution in [-0.4, -0.2) is 77.2 Å². The van der Waals surface area contributed by atoms with Gasteiger partial charge < -0.3 is 19.2 Å². The molecular weight excluding hydrogens is 497 g/mol. The number of halogens is 4. The predicted molar refractivity (Wildman–Crippen MR) is 127 cm³/mol. The summed E-state index contributed by atoms with van der Waals surface area (Å²) in [6.07, 6.45) is -2.09. The summed E-state index contributed by atoms with van der Waals surface area (Å²) in [7, 11) is 0. The van der Waals surface area contributed by atoms with Gasteiger partial charge in [0.05, 0.1) is 35.5 Å². The fourth-order valence-electron chi connectivity index (χ4n) is 5.42. The topological polar surface area (TPSA) is 72.5 Å². The van der Waals surface area contributed by atoms with Gasteiger partial charge >= 0.3 is 6.18 Å². The van der Waals surface area contributed by atoms with Crippen LogP contribution in [-0.2, 0) is 9.47 Å². The van der Waals surface area contributed by atoms with Gasteiger partial charge in [0, 0.05) is 12.2 Å². The number of H-pyrrole nitrogens is 1. The van der Waals surface area contributed by atoms with E-state index in [4.69, 9.17) is 25.8 Å². The standard InChI is InChI=1S/C25H26ClF3N4O3/c26-17-11-18-23(32-24(30-18)36-20-12-35-19-7-10-34-22(19)20)31-21(17)16-3-1-14(2-4-16)15-5-8-33(9-6-15)13-25(27,28)29/h1-4,11,15,19-20,22H,5-10,12-13H2,(H,30,31,32). The highest BCUT2D eigenvalue weighted by atomic mass is 35.5. The number of pyridine rings is 1. The van der Waals surface area contributed by atoms with Crippen molar-refractivity contribution < 1.29 is 27.4 Å². The van der Waals surface area contributed by atoms with Gasteiger partial charge in [0.1, 0.15) is 6.10 Å². The molecule has 11 heteroatoms. The van der Waals surface area contributed by atoms with Crippen LogP contribution in [0.4, 0.5) is 13.2 Å². The van der Waals surface area contributed by atoms with E-state index in [0.717, 1.165) is 17.5 Å². The molecule has 6 rings (SSSR count). The summed E-state index contributed by atoms with van der Waals surface area (Å²) in [5.41, 5.74) is 3.73. The number of hydrogen-bond donors (Lipinski definition) is 1. The normalized spacial score (nSPS) is 25.5. The Morgan fingerprint density at radius 2 is 1.86 bits per heavy atom. The van der Waals surface area contributed by atoms with Crippen molar-refractivity contribution in [2.45, 2.75) is 49.7 Å². The Kier molecular flexibility index (Phi) is 6.31. The number of piperidine rings is 1. The third-order valence-corrected chi connectivity index (χ3v) is 7.52. The van der Waals surface area contributed by atoms with Crippen LogP contribution in [0.15, 0.2) is 30.3 Å². The molecule has 2 aromatic heterocycles. The molecule has 0 spiro atoms. The lowest BCUT2D eigenvalue weighted by atomic mass is 9.89. The Balaban J connectivity index is 1.14. The number of benzene rings is 1. The molecule has 3 aromatic rings. The smallest absolute Gasteiger partial charge is 0.401 e. The largest absolute Gasteiger partial charge is 0.456 e. The monoisotopic (exact) mass is 522 g/mol. The minimum absolute atomic E-state index is 0.0777. The molecule has 0 aliphatic carbocycles. The second-order valence-corrected chi connectivity index (χ2v) is 10.1.